The molecule has 2 atom stereocenters. The molecule has 3 heteroatoms. The van der Waals surface area contributed by atoms with Crippen molar-refractivity contribution in [3.63, 3.8) is 0 Å². The summed E-state index contributed by atoms with van der Waals surface area (Å²) in [6.45, 7) is 11.0. The first-order valence-electron chi connectivity index (χ1n) is 5.72. The number of hydrogen-bond acceptors (Lipinski definition) is 2. The monoisotopic (exact) mass is 214 g/mol. The van der Waals surface area contributed by atoms with Crippen molar-refractivity contribution in [2.24, 2.45) is 17.1 Å². The average molecular weight is 214 g/mol. The van der Waals surface area contributed by atoms with Gasteiger partial charge in [0.05, 0.1) is 5.92 Å². The van der Waals surface area contributed by atoms with E-state index in [-0.39, 0.29) is 23.3 Å². The molecule has 0 aromatic heterocycles. The highest BCUT2D eigenvalue weighted by molar-refractivity contribution is 5.79. The van der Waals surface area contributed by atoms with Gasteiger partial charge in [-0.2, -0.15) is 0 Å². The number of hydrogen-bond donors (Lipinski definition) is 1. The molecule has 0 spiro atoms. The van der Waals surface area contributed by atoms with Gasteiger partial charge in [0.25, 0.3) is 0 Å². The Hall–Kier alpha value is -0.570. The van der Waals surface area contributed by atoms with E-state index in [1.54, 1.807) is 0 Å². The van der Waals surface area contributed by atoms with Crippen LogP contribution in [-0.2, 0) is 4.79 Å². The molecular formula is C12H26N2O. The highest BCUT2D eigenvalue weighted by Crippen LogP contribution is 2.24. The Kier molecular flexibility index (Phi) is 5.29. The van der Waals surface area contributed by atoms with E-state index in [1.807, 2.05) is 18.9 Å². The second kappa shape index (κ2) is 5.50. The first kappa shape index (κ1) is 14.4. The van der Waals surface area contributed by atoms with Gasteiger partial charge in [0.15, 0.2) is 0 Å². The molecule has 2 N–H and O–H groups in total. The molecule has 3 nitrogen and oxygen atoms in total. The van der Waals surface area contributed by atoms with E-state index in [1.165, 1.54) is 0 Å². The zero-order valence-corrected chi connectivity index (χ0v) is 11.0. The van der Waals surface area contributed by atoms with Gasteiger partial charge in [-0.25, -0.2) is 0 Å². The van der Waals surface area contributed by atoms with Crippen molar-refractivity contribution in [1.82, 2.24) is 4.90 Å². The van der Waals surface area contributed by atoms with E-state index in [9.17, 15) is 4.79 Å². The van der Waals surface area contributed by atoms with E-state index in [0.717, 1.165) is 6.42 Å². The fraction of sp³-hybridized carbons (Fsp3) is 0.917. The molecular weight excluding hydrogens is 188 g/mol. The van der Waals surface area contributed by atoms with Crippen molar-refractivity contribution in [3.8, 4) is 0 Å². The number of rotatable bonds is 4. The minimum atomic E-state index is -0.0280. The third-order valence-corrected chi connectivity index (χ3v) is 3.31. The molecule has 15 heavy (non-hydrogen) atoms. The van der Waals surface area contributed by atoms with Crippen molar-refractivity contribution < 1.29 is 4.79 Å². The summed E-state index contributed by atoms with van der Waals surface area (Å²) < 4.78 is 0. The largest absolute Gasteiger partial charge is 0.342 e. The summed E-state index contributed by atoms with van der Waals surface area (Å²) in [5.74, 6) is 0.141. The van der Waals surface area contributed by atoms with Gasteiger partial charge in [0, 0.05) is 19.6 Å². The molecule has 0 heterocycles. The molecule has 90 valence electrons. The lowest BCUT2D eigenvalue weighted by atomic mass is 9.86. The topological polar surface area (TPSA) is 46.3 Å². The Morgan fingerprint density at radius 1 is 1.40 bits per heavy atom. The first-order chi connectivity index (χ1) is 6.75. The second-order valence-corrected chi connectivity index (χ2v) is 5.33. The zero-order chi connectivity index (χ0) is 12.2. The summed E-state index contributed by atoms with van der Waals surface area (Å²) >= 11 is 0. The van der Waals surface area contributed by atoms with E-state index >= 15 is 0 Å². The van der Waals surface area contributed by atoms with E-state index in [0.29, 0.717) is 6.54 Å². The summed E-state index contributed by atoms with van der Waals surface area (Å²) in [6, 6.07) is 0.227. The zero-order valence-electron chi connectivity index (χ0n) is 11.0. The van der Waals surface area contributed by atoms with Crippen molar-refractivity contribution in [2.45, 2.75) is 47.1 Å². The van der Waals surface area contributed by atoms with Crippen LogP contribution >= 0.6 is 0 Å². The fourth-order valence-corrected chi connectivity index (χ4v) is 1.50. The minimum Gasteiger partial charge on any atom is -0.342 e. The van der Waals surface area contributed by atoms with Crippen LogP contribution in [0.5, 0.6) is 0 Å². The summed E-state index contributed by atoms with van der Waals surface area (Å²) in [7, 11) is 1.87. The van der Waals surface area contributed by atoms with Crippen LogP contribution in [0.1, 0.15) is 41.0 Å². The number of nitrogens with two attached hydrogens (primary N) is 1. The predicted octanol–water partition coefficient (Wildman–Crippen LogP) is 1.86. The molecule has 0 bridgehead atoms. The lowest BCUT2D eigenvalue weighted by Crippen LogP contribution is -2.46. The minimum absolute atomic E-state index is 0.0280. The predicted molar refractivity (Wildman–Crippen MR) is 64.5 cm³/mol. The molecule has 0 aromatic carbocycles. The van der Waals surface area contributed by atoms with E-state index in [2.05, 4.69) is 27.7 Å². The van der Waals surface area contributed by atoms with Crippen LogP contribution in [0.3, 0.4) is 0 Å². The molecule has 1 amide bonds. The first-order valence-corrected chi connectivity index (χ1v) is 5.72. The number of amides is 1. The number of nitrogens with zero attached hydrogens (tertiary/aromatic N) is 1. The van der Waals surface area contributed by atoms with Crippen molar-refractivity contribution in [3.05, 3.63) is 0 Å². The number of carbonyl (C=O) groups is 1. The van der Waals surface area contributed by atoms with Gasteiger partial charge in [-0.3, -0.25) is 4.79 Å². The lowest BCUT2D eigenvalue weighted by molar-refractivity contribution is -0.137. The normalized spacial score (nSPS) is 15.9. The molecule has 0 aliphatic heterocycles. The van der Waals surface area contributed by atoms with Crippen LogP contribution < -0.4 is 5.73 Å². The van der Waals surface area contributed by atoms with Gasteiger partial charge in [-0.15, -0.1) is 0 Å². The SMILES string of the molecule is CCC(CN)C(=O)N(C)C(C)C(C)(C)C. The van der Waals surface area contributed by atoms with E-state index in [4.69, 9.17) is 5.73 Å². The average Bonchev–Trinajstić information content (AvgIpc) is 2.15. The summed E-state index contributed by atoms with van der Waals surface area (Å²) in [6.07, 6.45) is 0.816. The smallest absolute Gasteiger partial charge is 0.226 e. The van der Waals surface area contributed by atoms with Crippen LogP contribution in [0.25, 0.3) is 0 Å². The van der Waals surface area contributed by atoms with Gasteiger partial charge >= 0.3 is 0 Å². The Morgan fingerprint density at radius 2 is 1.87 bits per heavy atom. The third kappa shape index (κ3) is 3.82. The molecule has 0 radical (unpaired) electrons. The van der Waals surface area contributed by atoms with Crippen LogP contribution in [0.2, 0.25) is 0 Å². The van der Waals surface area contributed by atoms with Gasteiger partial charge in [0.1, 0.15) is 0 Å². The Morgan fingerprint density at radius 3 is 2.13 bits per heavy atom. The quantitative estimate of drug-likeness (QED) is 0.776. The molecule has 0 saturated heterocycles. The van der Waals surface area contributed by atoms with Crippen LogP contribution in [0.4, 0.5) is 0 Å². The van der Waals surface area contributed by atoms with Crippen molar-refractivity contribution >= 4 is 5.91 Å². The van der Waals surface area contributed by atoms with Gasteiger partial charge in [0.2, 0.25) is 5.91 Å². The van der Waals surface area contributed by atoms with Gasteiger partial charge in [-0.1, -0.05) is 27.7 Å². The van der Waals surface area contributed by atoms with Gasteiger partial charge in [-0.05, 0) is 18.8 Å². The van der Waals surface area contributed by atoms with Crippen molar-refractivity contribution in [1.29, 1.82) is 0 Å². The maximum atomic E-state index is 12.0. The molecule has 0 saturated carbocycles. The Balaban J connectivity index is 4.57. The van der Waals surface area contributed by atoms with Crippen molar-refractivity contribution in [2.75, 3.05) is 13.6 Å². The molecule has 0 aromatic rings. The highest BCUT2D eigenvalue weighted by atomic mass is 16.2. The highest BCUT2D eigenvalue weighted by Gasteiger charge is 2.29. The van der Waals surface area contributed by atoms with Crippen LogP contribution in [-0.4, -0.2) is 30.4 Å². The lowest BCUT2D eigenvalue weighted by Gasteiger charge is -2.37. The second-order valence-electron chi connectivity index (χ2n) is 5.33. The fourth-order valence-electron chi connectivity index (χ4n) is 1.50. The molecule has 0 aliphatic carbocycles. The van der Waals surface area contributed by atoms with E-state index < -0.39 is 0 Å². The Bertz CT molecular complexity index is 204. The maximum Gasteiger partial charge on any atom is 0.226 e. The van der Waals surface area contributed by atoms with Crippen LogP contribution in [0, 0.1) is 11.3 Å². The summed E-state index contributed by atoms with van der Waals surface area (Å²) in [5.41, 5.74) is 5.69. The standard InChI is InChI=1S/C12H26N2O/c1-7-10(8-13)11(15)14(6)9(2)12(3,4)5/h9-10H,7-8,13H2,1-6H3. The summed E-state index contributed by atoms with van der Waals surface area (Å²) in [4.78, 5) is 13.9. The third-order valence-electron chi connectivity index (χ3n) is 3.31. The molecule has 2 unspecified atom stereocenters. The summed E-state index contributed by atoms with van der Waals surface area (Å²) in [5, 5.41) is 0. The number of carbonyl (C=O) groups excluding carboxylic acids is 1. The van der Waals surface area contributed by atoms with Gasteiger partial charge < -0.3 is 10.6 Å². The maximum absolute atomic E-state index is 12.0. The molecule has 0 rings (SSSR count). The molecule has 0 fully saturated rings. The Labute approximate surface area is 94.0 Å². The molecule has 0 aliphatic rings. The van der Waals surface area contributed by atoms with Crippen LogP contribution in [0.15, 0.2) is 0 Å².